The van der Waals surface area contributed by atoms with Crippen molar-refractivity contribution in [1.82, 2.24) is 4.90 Å². The molecule has 1 fully saturated rings. The Morgan fingerprint density at radius 3 is 2.71 bits per heavy atom. The average molecular weight is 399 g/mol. The third-order valence-corrected chi connectivity index (χ3v) is 12.0. The molecule has 2 atom stereocenters. The summed E-state index contributed by atoms with van der Waals surface area (Å²) in [6.07, 6.45) is 3.62. The molecule has 1 amide bonds. The smallest absolute Gasteiger partial charge is 0.223 e. The summed E-state index contributed by atoms with van der Waals surface area (Å²) in [6.45, 7) is 13.1. The average Bonchev–Trinajstić information content (AvgIpc) is 3.00. The van der Waals surface area contributed by atoms with Gasteiger partial charge in [-0.25, -0.2) is 0 Å². The number of hydrogen-bond acceptors (Lipinski definition) is 3. The number of rotatable bonds is 3. The number of hydrogen-bond donors (Lipinski definition) is 1. The van der Waals surface area contributed by atoms with E-state index in [1.807, 2.05) is 6.07 Å². The first-order valence-corrected chi connectivity index (χ1v) is 13.5. The van der Waals surface area contributed by atoms with Gasteiger partial charge in [-0.1, -0.05) is 26.8 Å². The van der Waals surface area contributed by atoms with Crippen LogP contribution in [0.3, 0.4) is 0 Å². The quantitative estimate of drug-likeness (QED) is 0.580. The van der Waals surface area contributed by atoms with Crippen molar-refractivity contribution in [3.8, 4) is 0 Å². The van der Waals surface area contributed by atoms with Crippen LogP contribution in [0.4, 0.5) is 5.69 Å². The first-order valence-electron chi connectivity index (χ1n) is 10.6. The van der Waals surface area contributed by atoms with Gasteiger partial charge < -0.3 is 15.1 Å². The van der Waals surface area contributed by atoms with Gasteiger partial charge >= 0.3 is 0 Å². The maximum atomic E-state index is 12.3. The van der Waals surface area contributed by atoms with Gasteiger partial charge in [-0.15, -0.1) is 0 Å². The van der Waals surface area contributed by atoms with E-state index < -0.39 is 8.32 Å². The van der Waals surface area contributed by atoms with Crippen LogP contribution in [0.15, 0.2) is 23.8 Å². The van der Waals surface area contributed by atoms with Crippen molar-refractivity contribution in [2.75, 3.05) is 18.9 Å². The Kier molecular flexibility index (Phi) is 4.74. The molecule has 4 rings (SSSR count). The van der Waals surface area contributed by atoms with Gasteiger partial charge in [0.15, 0.2) is 8.32 Å². The fourth-order valence-corrected chi connectivity index (χ4v) is 5.83. The summed E-state index contributed by atoms with van der Waals surface area (Å²) < 4.78 is 6.64. The van der Waals surface area contributed by atoms with Crippen molar-refractivity contribution in [1.29, 1.82) is 0 Å². The number of anilines is 1. The molecule has 0 radical (unpaired) electrons. The molecule has 28 heavy (non-hydrogen) atoms. The van der Waals surface area contributed by atoms with E-state index in [2.05, 4.69) is 50.9 Å². The van der Waals surface area contributed by atoms with Crippen molar-refractivity contribution in [2.24, 2.45) is 0 Å². The van der Waals surface area contributed by atoms with E-state index in [0.717, 1.165) is 38.1 Å². The van der Waals surface area contributed by atoms with E-state index in [9.17, 15) is 4.79 Å². The summed E-state index contributed by atoms with van der Waals surface area (Å²) in [5, 5.41) is 0.199. The highest BCUT2D eigenvalue weighted by Crippen LogP contribution is 2.48. The van der Waals surface area contributed by atoms with Gasteiger partial charge in [-0.3, -0.25) is 4.79 Å². The van der Waals surface area contributed by atoms with Gasteiger partial charge in [0, 0.05) is 31.2 Å². The lowest BCUT2D eigenvalue weighted by Gasteiger charge is -2.42. The Bertz CT molecular complexity index is 837. The van der Waals surface area contributed by atoms with Crippen LogP contribution < -0.4 is 5.73 Å². The van der Waals surface area contributed by atoms with Gasteiger partial charge in [0.05, 0.1) is 6.04 Å². The van der Waals surface area contributed by atoms with Crippen LogP contribution in [0.5, 0.6) is 0 Å². The van der Waals surface area contributed by atoms with Crippen molar-refractivity contribution < 1.29 is 9.22 Å². The molecule has 0 unspecified atom stereocenters. The molecule has 5 heteroatoms. The van der Waals surface area contributed by atoms with Gasteiger partial charge in [0.25, 0.3) is 0 Å². The molecule has 152 valence electrons. The van der Waals surface area contributed by atoms with Crippen LogP contribution in [-0.4, -0.2) is 38.3 Å². The normalized spacial score (nSPS) is 24.9. The van der Waals surface area contributed by atoms with E-state index in [1.54, 1.807) is 0 Å². The van der Waals surface area contributed by atoms with Crippen LogP contribution >= 0.6 is 0 Å². The van der Waals surface area contributed by atoms with Crippen LogP contribution in [0.25, 0.3) is 5.57 Å². The molecule has 0 aromatic heterocycles. The molecule has 1 aliphatic carbocycles. The Balaban J connectivity index is 1.68. The van der Waals surface area contributed by atoms with E-state index in [1.165, 1.54) is 22.3 Å². The molecule has 1 aromatic carbocycles. The molecule has 0 saturated carbocycles. The van der Waals surface area contributed by atoms with E-state index in [4.69, 9.17) is 10.2 Å². The second-order valence-electron chi connectivity index (χ2n) is 10.2. The number of amides is 1. The van der Waals surface area contributed by atoms with Gasteiger partial charge in [0.2, 0.25) is 5.91 Å². The number of carbonyl (C=O) groups is 1. The highest BCUT2D eigenvalue weighted by atomic mass is 28.4. The summed E-state index contributed by atoms with van der Waals surface area (Å²) in [5.41, 5.74) is 12.6. The fraction of sp³-hybridized carbons (Fsp3) is 0.609. The summed E-state index contributed by atoms with van der Waals surface area (Å²) in [4.78, 5) is 14.4. The standard InChI is InChI=1S/C23H34N2O2Si/c1-23(2,3)28(4,5)27-14-15-12-20-18(17-7-6-16(24)13-19(15)17)10-11-25-21(20)8-9-22(25)26/h6-7,13,15,21H,8-12,14,24H2,1-5H3/t15-,21-/m0/s1. The second kappa shape index (κ2) is 6.73. The third-order valence-electron chi connectivity index (χ3n) is 7.48. The lowest BCUT2D eigenvalue weighted by Crippen LogP contribution is -2.43. The van der Waals surface area contributed by atoms with Crippen LogP contribution in [0.1, 0.15) is 63.5 Å². The molecule has 2 aliphatic heterocycles. The Morgan fingerprint density at radius 1 is 1.25 bits per heavy atom. The summed E-state index contributed by atoms with van der Waals surface area (Å²) in [7, 11) is -1.82. The Labute approximate surface area is 170 Å². The zero-order valence-corrected chi connectivity index (χ0v) is 19.0. The topological polar surface area (TPSA) is 55.6 Å². The molecule has 3 aliphatic rings. The number of benzene rings is 1. The lowest BCUT2D eigenvalue weighted by atomic mass is 9.74. The predicted molar refractivity (Wildman–Crippen MR) is 118 cm³/mol. The summed E-state index contributed by atoms with van der Waals surface area (Å²) in [5.74, 6) is 0.649. The summed E-state index contributed by atoms with van der Waals surface area (Å²) >= 11 is 0. The van der Waals surface area contributed by atoms with Gasteiger partial charge in [-0.2, -0.15) is 0 Å². The number of nitrogens with zero attached hydrogens (tertiary/aromatic N) is 1. The number of nitrogens with two attached hydrogens (primary N) is 1. The highest BCUT2D eigenvalue weighted by Gasteiger charge is 2.42. The summed E-state index contributed by atoms with van der Waals surface area (Å²) in [6, 6.07) is 6.68. The van der Waals surface area contributed by atoms with E-state index in [0.29, 0.717) is 24.3 Å². The zero-order valence-electron chi connectivity index (χ0n) is 18.0. The minimum atomic E-state index is -1.82. The minimum absolute atomic E-state index is 0.199. The number of carbonyl (C=O) groups excluding carboxylic acids is 1. The monoisotopic (exact) mass is 398 g/mol. The molecule has 0 spiro atoms. The first kappa shape index (κ1) is 19.7. The Morgan fingerprint density at radius 2 is 2.00 bits per heavy atom. The first-order chi connectivity index (χ1) is 13.1. The van der Waals surface area contributed by atoms with Crippen LogP contribution in [0, 0.1) is 0 Å². The van der Waals surface area contributed by atoms with E-state index >= 15 is 0 Å². The third kappa shape index (κ3) is 3.22. The van der Waals surface area contributed by atoms with Crippen molar-refractivity contribution in [3.05, 3.63) is 34.9 Å². The van der Waals surface area contributed by atoms with Gasteiger partial charge in [-0.05, 0) is 71.8 Å². The zero-order chi connectivity index (χ0) is 20.3. The van der Waals surface area contributed by atoms with Crippen LogP contribution in [0.2, 0.25) is 18.1 Å². The van der Waals surface area contributed by atoms with Crippen LogP contribution in [-0.2, 0) is 9.22 Å². The number of fused-ring (bicyclic) bond motifs is 4. The number of nitrogen functional groups attached to an aromatic ring is 1. The molecule has 0 bridgehead atoms. The lowest BCUT2D eigenvalue weighted by molar-refractivity contribution is -0.128. The van der Waals surface area contributed by atoms with Crippen molar-refractivity contribution in [2.45, 2.75) is 76.5 Å². The molecule has 1 saturated heterocycles. The SMILES string of the molecule is CC(C)(C)[Si](C)(C)OC[C@@H]1CC2=C(CCN3C(=O)CC[C@@H]23)c2ccc(N)cc21. The molecule has 1 aromatic rings. The molecule has 2 N–H and O–H groups in total. The van der Waals surface area contributed by atoms with Crippen molar-refractivity contribution >= 4 is 25.5 Å². The molecular weight excluding hydrogens is 364 g/mol. The minimum Gasteiger partial charge on any atom is -0.416 e. The largest absolute Gasteiger partial charge is 0.416 e. The second-order valence-corrected chi connectivity index (χ2v) is 15.0. The molecule has 2 heterocycles. The molecular formula is C23H34N2O2Si. The van der Waals surface area contributed by atoms with Crippen molar-refractivity contribution in [3.63, 3.8) is 0 Å². The predicted octanol–water partition coefficient (Wildman–Crippen LogP) is 4.93. The van der Waals surface area contributed by atoms with E-state index in [-0.39, 0.29) is 5.04 Å². The molecule has 4 nitrogen and oxygen atoms in total. The Hall–Kier alpha value is -1.59. The highest BCUT2D eigenvalue weighted by molar-refractivity contribution is 6.74. The maximum Gasteiger partial charge on any atom is 0.223 e. The fourth-order valence-electron chi connectivity index (χ4n) is 4.78. The van der Waals surface area contributed by atoms with Gasteiger partial charge in [0.1, 0.15) is 0 Å². The maximum absolute atomic E-state index is 12.3.